The lowest BCUT2D eigenvalue weighted by molar-refractivity contribution is 0.0692. The van der Waals surface area contributed by atoms with E-state index in [0.717, 1.165) is 6.07 Å². The first-order valence-corrected chi connectivity index (χ1v) is 2.90. The molecule has 3 nitrogen and oxygen atoms in total. The van der Waals surface area contributed by atoms with Crippen LogP contribution < -0.4 is 5.73 Å². The van der Waals surface area contributed by atoms with Crippen LogP contribution in [0.1, 0.15) is 10.4 Å². The Morgan fingerprint density at radius 1 is 1.50 bits per heavy atom. The fourth-order valence-electron chi connectivity index (χ4n) is 0.715. The molecule has 3 N–H and O–H groups in total. The largest absolute Gasteiger partial charge is 0.478 e. The number of nitrogens with two attached hydrogens (primary N) is 1. The van der Waals surface area contributed by atoms with Gasteiger partial charge in [0, 0.05) is 0 Å². The van der Waals surface area contributed by atoms with Crippen LogP contribution >= 0.6 is 12.4 Å². The molecule has 0 saturated carbocycles. The van der Waals surface area contributed by atoms with Gasteiger partial charge < -0.3 is 10.8 Å². The first-order chi connectivity index (χ1) is 5.13. The third-order valence-electron chi connectivity index (χ3n) is 1.26. The number of carboxylic acid groups (broad SMARTS) is 1. The number of carbonyl (C=O) groups is 1. The number of hydrogen-bond acceptors (Lipinski definition) is 2. The van der Waals surface area contributed by atoms with Crippen molar-refractivity contribution in [1.29, 1.82) is 0 Å². The number of carboxylic acids is 1. The van der Waals surface area contributed by atoms with Crippen LogP contribution in [0.4, 0.5) is 10.1 Å². The Morgan fingerprint density at radius 2 is 2.08 bits per heavy atom. The maximum atomic E-state index is 12.7. The summed E-state index contributed by atoms with van der Waals surface area (Å²) in [6.45, 7) is 0. The molecule has 0 amide bonds. The Bertz CT molecular complexity index is 303. The first-order valence-electron chi connectivity index (χ1n) is 2.90. The quantitative estimate of drug-likeness (QED) is 0.662. The molecule has 0 radical (unpaired) electrons. The Kier molecular flexibility index (Phi) is 3.50. The van der Waals surface area contributed by atoms with E-state index in [-0.39, 0.29) is 18.1 Å². The number of halogens is 2. The summed E-state index contributed by atoms with van der Waals surface area (Å²) in [5, 5.41) is 8.39. The van der Waals surface area contributed by atoms with Crippen LogP contribution in [-0.4, -0.2) is 11.1 Å². The average molecular weight is 192 g/mol. The van der Waals surface area contributed by atoms with Crippen molar-refractivity contribution in [2.24, 2.45) is 0 Å². The molecule has 0 fully saturated rings. The smallest absolute Gasteiger partial charge is 0.338 e. The molecular weight excluding hydrogens is 185 g/mol. The number of benzene rings is 1. The number of anilines is 1. The Balaban J connectivity index is 0.00000121. The van der Waals surface area contributed by atoms with Crippen molar-refractivity contribution in [3.05, 3.63) is 29.6 Å². The Labute approximate surface area is 74.4 Å². The topological polar surface area (TPSA) is 63.3 Å². The van der Waals surface area contributed by atoms with Gasteiger partial charge in [-0.3, -0.25) is 0 Å². The van der Waals surface area contributed by atoms with Crippen LogP contribution in [-0.2, 0) is 0 Å². The van der Waals surface area contributed by atoms with Gasteiger partial charge in [0.05, 0.1) is 11.3 Å². The highest BCUT2D eigenvalue weighted by atomic mass is 35.5. The van der Waals surface area contributed by atoms with Crippen LogP contribution in [0.2, 0.25) is 0 Å². The van der Waals surface area contributed by atoms with Gasteiger partial charge in [-0.2, -0.15) is 0 Å². The lowest BCUT2D eigenvalue weighted by Gasteiger charge is -1.98. The summed E-state index contributed by atoms with van der Waals surface area (Å²) >= 11 is 0. The van der Waals surface area contributed by atoms with Gasteiger partial charge in [-0.15, -0.1) is 12.4 Å². The van der Waals surface area contributed by atoms with E-state index >= 15 is 0 Å². The van der Waals surface area contributed by atoms with E-state index in [1.165, 1.54) is 12.1 Å². The molecular formula is C7H7ClFNO2. The van der Waals surface area contributed by atoms with Crippen LogP contribution in [0.3, 0.4) is 0 Å². The monoisotopic (exact) mass is 191 g/mol. The van der Waals surface area contributed by atoms with Gasteiger partial charge in [-0.25, -0.2) is 9.18 Å². The minimum atomic E-state index is -1.31. The molecule has 0 aliphatic rings. The van der Waals surface area contributed by atoms with Crippen molar-refractivity contribution >= 4 is 24.1 Å². The van der Waals surface area contributed by atoms with Crippen molar-refractivity contribution in [2.75, 3.05) is 5.73 Å². The summed E-state index contributed by atoms with van der Waals surface area (Å²) in [5.41, 5.74) is 4.57. The number of hydrogen-bond donors (Lipinski definition) is 2. The molecule has 1 rings (SSSR count). The van der Waals surface area contributed by atoms with Gasteiger partial charge in [0.1, 0.15) is 0 Å². The molecule has 0 heterocycles. The molecule has 0 aliphatic carbocycles. The second-order valence-electron chi connectivity index (χ2n) is 2.01. The molecule has 1 aromatic rings. The summed E-state index contributed by atoms with van der Waals surface area (Å²) in [7, 11) is 0. The normalized spacial score (nSPS) is 8.75. The third kappa shape index (κ3) is 1.85. The van der Waals surface area contributed by atoms with Crippen LogP contribution in [0.25, 0.3) is 0 Å². The van der Waals surface area contributed by atoms with Gasteiger partial charge >= 0.3 is 5.97 Å². The SMILES string of the molecule is Cl.Nc1cccc(C(=O)O)c1F. The molecule has 0 unspecified atom stereocenters. The molecule has 1 aromatic carbocycles. The predicted octanol–water partition coefficient (Wildman–Crippen LogP) is 1.53. The van der Waals surface area contributed by atoms with Crippen molar-refractivity contribution in [1.82, 2.24) is 0 Å². The zero-order valence-electron chi connectivity index (χ0n) is 5.95. The molecule has 66 valence electrons. The molecule has 0 aliphatic heterocycles. The lowest BCUT2D eigenvalue weighted by atomic mass is 10.2. The highest BCUT2D eigenvalue weighted by Crippen LogP contribution is 2.13. The maximum Gasteiger partial charge on any atom is 0.338 e. The van der Waals surface area contributed by atoms with Crippen LogP contribution in [0.15, 0.2) is 18.2 Å². The summed E-state index contributed by atoms with van der Waals surface area (Å²) in [6, 6.07) is 3.86. The average Bonchev–Trinajstić information content (AvgIpc) is 1.94. The highest BCUT2D eigenvalue weighted by molar-refractivity contribution is 5.89. The second-order valence-corrected chi connectivity index (χ2v) is 2.01. The molecule has 0 atom stereocenters. The summed E-state index contributed by atoms with van der Waals surface area (Å²) in [6.07, 6.45) is 0. The van der Waals surface area contributed by atoms with Crippen LogP contribution in [0.5, 0.6) is 0 Å². The van der Waals surface area contributed by atoms with Gasteiger partial charge in [0.25, 0.3) is 0 Å². The predicted molar refractivity (Wildman–Crippen MR) is 45.0 cm³/mol. The molecule has 0 saturated heterocycles. The Hall–Kier alpha value is -1.29. The minimum absolute atomic E-state index is 0. The molecule has 0 bridgehead atoms. The molecule has 5 heteroatoms. The number of aromatic carboxylic acids is 1. The fourth-order valence-corrected chi connectivity index (χ4v) is 0.715. The standard InChI is InChI=1S/C7H6FNO2.ClH/c8-6-4(7(10)11)2-1-3-5(6)9;/h1-3H,9H2,(H,10,11);1H. The minimum Gasteiger partial charge on any atom is -0.478 e. The molecule has 12 heavy (non-hydrogen) atoms. The fraction of sp³-hybridized carbons (Fsp3) is 0. The van der Waals surface area contributed by atoms with E-state index in [1.54, 1.807) is 0 Å². The third-order valence-corrected chi connectivity index (χ3v) is 1.26. The van der Waals surface area contributed by atoms with E-state index in [0.29, 0.717) is 0 Å². The second kappa shape index (κ2) is 3.92. The van der Waals surface area contributed by atoms with Crippen molar-refractivity contribution in [3.8, 4) is 0 Å². The lowest BCUT2D eigenvalue weighted by Crippen LogP contribution is -2.02. The van der Waals surface area contributed by atoms with E-state index in [9.17, 15) is 9.18 Å². The van der Waals surface area contributed by atoms with Gasteiger partial charge in [0.15, 0.2) is 5.82 Å². The summed E-state index contributed by atoms with van der Waals surface area (Å²) < 4.78 is 12.7. The molecule has 0 spiro atoms. The van der Waals surface area contributed by atoms with E-state index in [4.69, 9.17) is 10.8 Å². The zero-order valence-corrected chi connectivity index (χ0v) is 6.77. The van der Waals surface area contributed by atoms with Crippen LogP contribution in [0, 0.1) is 5.82 Å². The highest BCUT2D eigenvalue weighted by Gasteiger charge is 2.10. The van der Waals surface area contributed by atoms with Gasteiger partial charge in [0.2, 0.25) is 0 Å². The molecule has 0 aromatic heterocycles. The number of rotatable bonds is 1. The maximum absolute atomic E-state index is 12.7. The Morgan fingerprint density at radius 3 is 2.50 bits per heavy atom. The van der Waals surface area contributed by atoms with E-state index in [1.807, 2.05) is 0 Å². The van der Waals surface area contributed by atoms with Gasteiger partial charge in [-0.05, 0) is 12.1 Å². The summed E-state index contributed by atoms with van der Waals surface area (Å²) in [5.74, 6) is -2.19. The van der Waals surface area contributed by atoms with Crippen molar-refractivity contribution < 1.29 is 14.3 Å². The van der Waals surface area contributed by atoms with E-state index in [2.05, 4.69) is 0 Å². The first kappa shape index (κ1) is 10.7. The number of nitrogen functional groups attached to an aromatic ring is 1. The van der Waals surface area contributed by atoms with E-state index < -0.39 is 17.3 Å². The summed E-state index contributed by atoms with van der Waals surface area (Å²) in [4.78, 5) is 10.3. The van der Waals surface area contributed by atoms with Crippen molar-refractivity contribution in [2.45, 2.75) is 0 Å². The van der Waals surface area contributed by atoms with Crippen molar-refractivity contribution in [3.63, 3.8) is 0 Å². The zero-order chi connectivity index (χ0) is 8.43. The van der Waals surface area contributed by atoms with Gasteiger partial charge in [-0.1, -0.05) is 6.07 Å².